The van der Waals surface area contributed by atoms with Gasteiger partial charge in [0.2, 0.25) is 5.91 Å². The van der Waals surface area contributed by atoms with Crippen LogP contribution in [0.2, 0.25) is 0 Å². The highest BCUT2D eigenvalue weighted by molar-refractivity contribution is 9.10. The molecule has 27 heavy (non-hydrogen) atoms. The molecule has 1 aliphatic heterocycles. The summed E-state index contributed by atoms with van der Waals surface area (Å²) in [5, 5.41) is 5.33. The van der Waals surface area contributed by atoms with Gasteiger partial charge in [-0.2, -0.15) is 0 Å². The van der Waals surface area contributed by atoms with E-state index in [1.54, 1.807) is 6.07 Å². The molecule has 0 bridgehead atoms. The van der Waals surface area contributed by atoms with Crippen LogP contribution in [0.5, 0.6) is 0 Å². The zero-order chi connectivity index (χ0) is 19.1. The Bertz CT molecular complexity index is 765. The molecule has 7 nitrogen and oxygen atoms in total. The summed E-state index contributed by atoms with van der Waals surface area (Å²) in [5.41, 5.74) is 1.26. The first-order valence-corrected chi connectivity index (χ1v) is 9.57. The number of amides is 2. The molecule has 144 valence electrons. The number of carbonyl (C=O) groups is 2. The molecule has 0 aliphatic carbocycles. The van der Waals surface area contributed by atoms with Crippen molar-refractivity contribution in [2.75, 3.05) is 32.8 Å². The van der Waals surface area contributed by atoms with Gasteiger partial charge in [-0.05, 0) is 33.6 Å². The van der Waals surface area contributed by atoms with Crippen LogP contribution < -0.4 is 10.6 Å². The molecule has 2 amide bonds. The second-order valence-electron chi connectivity index (χ2n) is 6.30. The predicted octanol–water partition coefficient (Wildman–Crippen LogP) is 1.79. The summed E-state index contributed by atoms with van der Waals surface area (Å²) in [7, 11) is 0. The van der Waals surface area contributed by atoms with Crippen molar-refractivity contribution < 1.29 is 18.7 Å². The summed E-state index contributed by atoms with van der Waals surface area (Å²) in [5.74, 6) is -0.543. The van der Waals surface area contributed by atoms with Crippen LogP contribution in [0.1, 0.15) is 16.1 Å². The number of nitrogens with one attached hydrogen (secondary N) is 2. The maximum atomic E-state index is 12.0. The van der Waals surface area contributed by atoms with Gasteiger partial charge in [-0.25, -0.2) is 0 Å². The van der Waals surface area contributed by atoms with E-state index in [-0.39, 0.29) is 24.3 Å². The van der Waals surface area contributed by atoms with Crippen molar-refractivity contribution in [1.82, 2.24) is 15.5 Å². The van der Waals surface area contributed by atoms with Gasteiger partial charge < -0.3 is 19.8 Å². The summed E-state index contributed by atoms with van der Waals surface area (Å²) in [6.07, 6.45) is -0.0665. The molecule has 0 radical (unpaired) electrons. The Kier molecular flexibility index (Phi) is 7.03. The van der Waals surface area contributed by atoms with Crippen LogP contribution in [0, 0.1) is 0 Å². The lowest BCUT2D eigenvalue weighted by molar-refractivity contribution is -0.121. The molecule has 3 rings (SSSR count). The van der Waals surface area contributed by atoms with Gasteiger partial charge in [0, 0.05) is 26.2 Å². The molecule has 1 fully saturated rings. The average molecular weight is 436 g/mol. The Morgan fingerprint density at radius 2 is 1.96 bits per heavy atom. The minimum atomic E-state index is -0.432. The van der Waals surface area contributed by atoms with E-state index in [4.69, 9.17) is 9.15 Å². The van der Waals surface area contributed by atoms with Gasteiger partial charge in [0.15, 0.2) is 10.4 Å². The van der Waals surface area contributed by atoms with Gasteiger partial charge in [-0.15, -0.1) is 0 Å². The second kappa shape index (κ2) is 9.68. The van der Waals surface area contributed by atoms with E-state index in [0.717, 1.165) is 19.6 Å². The molecule has 2 aromatic rings. The lowest BCUT2D eigenvalue weighted by Crippen LogP contribution is -2.48. The third-order valence-electron chi connectivity index (χ3n) is 4.21. The quantitative estimate of drug-likeness (QED) is 0.692. The molecule has 1 unspecified atom stereocenters. The van der Waals surface area contributed by atoms with Crippen LogP contribution in [0.4, 0.5) is 0 Å². The van der Waals surface area contributed by atoms with Crippen molar-refractivity contribution in [2.24, 2.45) is 0 Å². The van der Waals surface area contributed by atoms with E-state index in [0.29, 0.717) is 17.8 Å². The van der Waals surface area contributed by atoms with Gasteiger partial charge >= 0.3 is 0 Å². The summed E-state index contributed by atoms with van der Waals surface area (Å²) in [6.45, 7) is 3.42. The number of ether oxygens (including phenoxy) is 1. The minimum Gasteiger partial charge on any atom is -0.444 e. The molecule has 2 N–H and O–H groups in total. The molecule has 1 aromatic carbocycles. The van der Waals surface area contributed by atoms with Crippen LogP contribution in [0.15, 0.2) is 51.6 Å². The molecule has 1 atom stereocenters. The van der Waals surface area contributed by atoms with Crippen LogP contribution in [-0.2, 0) is 16.1 Å². The third kappa shape index (κ3) is 6.20. The Morgan fingerprint density at radius 3 is 2.70 bits per heavy atom. The maximum absolute atomic E-state index is 12.0. The van der Waals surface area contributed by atoms with Crippen molar-refractivity contribution in [2.45, 2.75) is 12.6 Å². The van der Waals surface area contributed by atoms with Crippen molar-refractivity contribution in [1.29, 1.82) is 0 Å². The van der Waals surface area contributed by atoms with Crippen LogP contribution in [0.3, 0.4) is 0 Å². The molecule has 8 heteroatoms. The molecule has 1 saturated heterocycles. The zero-order valence-corrected chi connectivity index (χ0v) is 16.4. The Balaban J connectivity index is 1.37. The standard InChI is InChI=1S/C19H22BrN3O4/c20-17-7-6-16(27-17)19(25)22-11-18(24)21-10-15-13-23(8-9-26-15)12-14-4-2-1-3-5-14/h1-7,15H,8-13H2,(H,21,24)(H,22,25). The van der Waals surface area contributed by atoms with Crippen LogP contribution >= 0.6 is 15.9 Å². The number of nitrogens with zero attached hydrogens (tertiary/aromatic N) is 1. The van der Waals surface area contributed by atoms with E-state index in [1.807, 2.05) is 18.2 Å². The zero-order valence-electron chi connectivity index (χ0n) is 14.8. The van der Waals surface area contributed by atoms with Crippen LogP contribution in [0.25, 0.3) is 0 Å². The normalized spacial score (nSPS) is 17.4. The number of halogens is 1. The highest BCUT2D eigenvalue weighted by Gasteiger charge is 2.21. The molecular weight excluding hydrogens is 414 g/mol. The Morgan fingerprint density at radius 1 is 1.15 bits per heavy atom. The first kappa shape index (κ1) is 19.6. The number of hydrogen-bond donors (Lipinski definition) is 2. The molecule has 1 aliphatic rings. The molecule has 2 heterocycles. The topological polar surface area (TPSA) is 83.8 Å². The van der Waals surface area contributed by atoms with E-state index in [9.17, 15) is 9.59 Å². The first-order chi connectivity index (χ1) is 13.1. The van der Waals surface area contributed by atoms with Crippen LogP contribution in [-0.4, -0.2) is 55.6 Å². The number of benzene rings is 1. The molecule has 1 aromatic heterocycles. The number of morpholine rings is 1. The smallest absolute Gasteiger partial charge is 0.287 e. The Hall–Kier alpha value is -2.16. The monoisotopic (exact) mass is 435 g/mol. The summed E-state index contributed by atoms with van der Waals surface area (Å²) < 4.78 is 11.3. The van der Waals surface area contributed by atoms with Crippen molar-refractivity contribution >= 4 is 27.7 Å². The van der Waals surface area contributed by atoms with Gasteiger partial charge in [-0.3, -0.25) is 14.5 Å². The van der Waals surface area contributed by atoms with Gasteiger partial charge in [0.1, 0.15) is 0 Å². The van der Waals surface area contributed by atoms with Crippen molar-refractivity contribution in [3.8, 4) is 0 Å². The minimum absolute atomic E-state index is 0.0665. The number of hydrogen-bond acceptors (Lipinski definition) is 5. The summed E-state index contributed by atoms with van der Waals surface area (Å²) in [4.78, 5) is 26.1. The van der Waals surface area contributed by atoms with Crippen molar-refractivity contribution in [3.05, 3.63) is 58.5 Å². The largest absolute Gasteiger partial charge is 0.444 e. The fourth-order valence-corrected chi connectivity index (χ4v) is 3.17. The van der Waals surface area contributed by atoms with Crippen molar-refractivity contribution in [3.63, 3.8) is 0 Å². The average Bonchev–Trinajstić information content (AvgIpc) is 3.12. The first-order valence-electron chi connectivity index (χ1n) is 8.78. The highest BCUT2D eigenvalue weighted by atomic mass is 79.9. The second-order valence-corrected chi connectivity index (χ2v) is 7.09. The van der Waals surface area contributed by atoms with Gasteiger partial charge in [0.25, 0.3) is 5.91 Å². The lowest BCUT2D eigenvalue weighted by Gasteiger charge is -2.33. The fraction of sp³-hybridized carbons (Fsp3) is 0.368. The van der Waals surface area contributed by atoms with Gasteiger partial charge in [0.05, 0.1) is 19.3 Å². The SMILES string of the molecule is O=C(CNC(=O)c1ccc(Br)o1)NCC1CN(Cc2ccccc2)CCO1. The number of carbonyl (C=O) groups excluding carboxylic acids is 2. The third-order valence-corrected chi connectivity index (χ3v) is 4.63. The van der Waals surface area contributed by atoms with E-state index in [1.165, 1.54) is 11.6 Å². The predicted molar refractivity (Wildman–Crippen MR) is 103 cm³/mol. The molecular formula is C19H22BrN3O4. The lowest BCUT2D eigenvalue weighted by atomic mass is 10.2. The maximum Gasteiger partial charge on any atom is 0.287 e. The number of furan rings is 1. The molecule has 0 saturated carbocycles. The summed E-state index contributed by atoms with van der Waals surface area (Å²) in [6, 6.07) is 13.4. The van der Waals surface area contributed by atoms with E-state index in [2.05, 4.69) is 43.6 Å². The van der Waals surface area contributed by atoms with Gasteiger partial charge in [-0.1, -0.05) is 30.3 Å². The van der Waals surface area contributed by atoms with E-state index < -0.39 is 5.91 Å². The van der Waals surface area contributed by atoms with E-state index >= 15 is 0 Å². The summed E-state index contributed by atoms with van der Waals surface area (Å²) >= 11 is 3.13. The molecule has 0 spiro atoms. The Labute approximate surface area is 166 Å². The fourth-order valence-electron chi connectivity index (χ4n) is 2.86. The number of rotatable bonds is 7. The highest BCUT2D eigenvalue weighted by Crippen LogP contribution is 2.13.